The number of benzene rings is 1. The number of halogens is 2. The van der Waals surface area contributed by atoms with Crippen LogP contribution in [0.4, 0.5) is 0 Å². The average molecular weight is 437 g/mol. The summed E-state index contributed by atoms with van der Waals surface area (Å²) in [6.45, 7) is 6.49. The van der Waals surface area contributed by atoms with Crippen molar-refractivity contribution in [3.63, 3.8) is 0 Å². The third-order valence-corrected chi connectivity index (χ3v) is 6.26. The Balaban J connectivity index is 1.85. The lowest BCUT2D eigenvalue weighted by atomic mass is 10.0. The van der Waals surface area contributed by atoms with Gasteiger partial charge in [-0.05, 0) is 55.5 Å². The zero-order chi connectivity index (χ0) is 21.1. The lowest BCUT2D eigenvalue weighted by Crippen LogP contribution is -2.36. The number of carboxylic acid groups (broad SMARTS) is 1. The minimum atomic E-state index is -0.956. The first kappa shape index (κ1) is 21.9. The Morgan fingerprint density at radius 2 is 1.90 bits per heavy atom. The van der Waals surface area contributed by atoms with E-state index in [2.05, 4.69) is 18.7 Å². The van der Waals surface area contributed by atoms with Crippen molar-refractivity contribution in [3.05, 3.63) is 67.6 Å². The molecule has 7 heteroatoms. The van der Waals surface area contributed by atoms with E-state index in [0.717, 1.165) is 30.6 Å². The van der Waals surface area contributed by atoms with Gasteiger partial charge in [-0.25, -0.2) is 4.79 Å². The van der Waals surface area contributed by atoms with Crippen LogP contribution in [0.15, 0.2) is 35.1 Å². The maximum atomic E-state index is 12.8. The second kappa shape index (κ2) is 9.33. The second-order valence-electron chi connectivity index (χ2n) is 7.92. The molecule has 0 spiro atoms. The van der Waals surface area contributed by atoms with Gasteiger partial charge in [-0.3, -0.25) is 9.69 Å². The van der Waals surface area contributed by atoms with Crippen molar-refractivity contribution in [1.29, 1.82) is 0 Å². The number of aromatic carboxylic acids is 1. The van der Waals surface area contributed by atoms with E-state index in [9.17, 15) is 9.59 Å². The van der Waals surface area contributed by atoms with Crippen LogP contribution in [-0.4, -0.2) is 33.1 Å². The van der Waals surface area contributed by atoms with E-state index in [-0.39, 0.29) is 16.1 Å². The highest BCUT2D eigenvalue weighted by Gasteiger charge is 2.28. The molecular weight excluding hydrogens is 411 g/mol. The molecule has 0 saturated carbocycles. The Labute approximate surface area is 180 Å². The van der Waals surface area contributed by atoms with E-state index in [1.165, 1.54) is 0 Å². The first-order chi connectivity index (χ1) is 13.8. The van der Waals surface area contributed by atoms with E-state index in [4.69, 9.17) is 28.3 Å². The number of nitrogens with zero attached hydrogens (tertiary/aromatic N) is 2. The molecule has 0 amide bonds. The molecular formula is C22H26Cl2N2O3. The molecule has 1 atom stereocenters. The smallest absolute Gasteiger partial charge is 0.335 e. The van der Waals surface area contributed by atoms with Gasteiger partial charge in [-0.15, -0.1) is 0 Å². The number of hydrogen-bond donors (Lipinski definition) is 1. The largest absolute Gasteiger partial charge is 0.478 e. The fraction of sp³-hybridized carbons (Fsp3) is 0.455. The lowest BCUT2D eigenvalue weighted by molar-refractivity contribution is 0.0697. The maximum absolute atomic E-state index is 12.8. The summed E-state index contributed by atoms with van der Waals surface area (Å²) < 4.78 is 1.67. The molecule has 3 rings (SSSR count). The Kier molecular flexibility index (Phi) is 7.04. The number of carboxylic acids is 1. The number of aromatic nitrogens is 1. The summed E-state index contributed by atoms with van der Waals surface area (Å²) in [4.78, 5) is 26.2. The Hall–Kier alpha value is -1.82. The molecule has 29 heavy (non-hydrogen) atoms. The molecule has 1 aliphatic heterocycles. The van der Waals surface area contributed by atoms with Crippen molar-refractivity contribution in [1.82, 2.24) is 9.47 Å². The zero-order valence-corrected chi connectivity index (χ0v) is 18.2. The van der Waals surface area contributed by atoms with Gasteiger partial charge >= 0.3 is 5.97 Å². The predicted octanol–water partition coefficient (Wildman–Crippen LogP) is 4.72. The second-order valence-corrected chi connectivity index (χ2v) is 8.73. The molecule has 2 aromatic rings. The van der Waals surface area contributed by atoms with E-state index in [0.29, 0.717) is 36.5 Å². The minimum absolute atomic E-state index is 0.113. The van der Waals surface area contributed by atoms with Crippen LogP contribution in [-0.2, 0) is 19.5 Å². The molecule has 156 valence electrons. The zero-order valence-electron chi connectivity index (χ0n) is 16.7. The van der Waals surface area contributed by atoms with Gasteiger partial charge in [0.25, 0.3) is 5.56 Å². The molecule has 1 saturated heterocycles. The van der Waals surface area contributed by atoms with Gasteiger partial charge < -0.3 is 9.67 Å². The van der Waals surface area contributed by atoms with Crippen LogP contribution in [0.25, 0.3) is 0 Å². The van der Waals surface area contributed by atoms with E-state index in [1.807, 2.05) is 0 Å². The first-order valence-corrected chi connectivity index (χ1v) is 10.7. The van der Waals surface area contributed by atoms with E-state index >= 15 is 0 Å². The molecule has 1 aromatic carbocycles. The molecule has 5 nitrogen and oxygen atoms in total. The van der Waals surface area contributed by atoms with E-state index < -0.39 is 5.97 Å². The first-order valence-electron chi connectivity index (χ1n) is 9.92. The van der Waals surface area contributed by atoms with Crippen LogP contribution in [0.3, 0.4) is 0 Å². The van der Waals surface area contributed by atoms with Crippen LogP contribution in [0.5, 0.6) is 0 Å². The highest BCUT2D eigenvalue weighted by Crippen LogP contribution is 2.28. The van der Waals surface area contributed by atoms with Crippen LogP contribution in [0, 0.1) is 5.92 Å². The topological polar surface area (TPSA) is 62.5 Å². The fourth-order valence-electron chi connectivity index (χ4n) is 4.08. The minimum Gasteiger partial charge on any atom is -0.478 e. The summed E-state index contributed by atoms with van der Waals surface area (Å²) in [6, 6.07) is 8.71. The van der Waals surface area contributed by atoms with Gasteiger partial charge in [0.05, 0.1) is 16.3 Å². The van der Waals surface area contributed by atoms with E-state index in [1.54, 1.807) is 34.9 Å². The summed E-state index contributed by atoms with van der Waals surface area (Å²) >= 11 is 12.6. The molecule has 1 N–H and O–H groups in total. The Morgan fingerprint density at radius 1 is 1.21 bits per heavy atom. The Morgan fingerprint density at radius 3 is 2.52 bits per heavy atom. The van der Waals surface area contributed by atoms with Crippen LogP contribution in [0.1, 0.15) is 48.3 Å². The number of rotatable bonds is 7. The number of hydrogen-bond acceptors (Lipinski definition) is 3. The molecule has 1 aliphatic rings. The molecule has 0 radical (unpaired) electrons. The Bertz CT molecular complexity index is 938. The quantitative estimate of drug-likeness (QED) is 0.681. The normalized spacial score (nSPS) is 17.2. The summed E-state index contributed by atoms with van der Waals surface area (Å²) in [5.41, 5.74) is 1.74. The van der Waals surface area contributed by atoms with Gasteiger partial charge in [0.1, 0.15) is 5.02 Å². The van der Waals surface area contributed by atoms with Crippen molar-refractivity contribution in [2.45, 2.75) is 52.2 Å². The summed E-state index contributed by atoms with van der Waals surface area (Å²) in [6.07, 6.45) is 2.88. The highest BCUT2D eigenvalue weighted by molar-refractivity contribution is 6.34. The molecule has 1 unspecified atom stereocenters. The summed E-state index contributed by atoms with van der Waals surface area (Å²) in [5, 5.41) is 9.65. The SMILES string of the molecule is CC(C)C1CCCN1Cc1c(Cl)cc(Cl)c(=O)n1CCc1ccc(C(=O)O)cc1. The monoisotopic (exact) mass is 436 g/mol. The van der Waals surface area contributed by atoms with Crippen molar-refractivity contribution < 1.29 is 9.90 Å². The summed E-state index contributed by atoms with van der Waals surface area (Å²) in [7, 11) is 0. The van der Waals surface area contributed by atoms with Gasteiger partial charge in [0.2, 0.25) is 0 Å². The van der Waals surface area contributed by atoms with Crippen molar-refractivity contribution in [3.8, 4) is 0 Å². The third kappa shape index (κ3) is 5.03. The predicted molar refractivity (Wildman–Crippen MR) is 116 cm³/mol. The molecule has 0 aliphatic carbocycles. The molecule has 2 heterocycles. The van der Waals surface area contributed by atoms with Crippen molar-refractivity contribution in [2.24, 2.45) is 5.92 Å². The van der Waals surface area contributed by atoms with Gasteiger partial charge in [0, 0.05) is 19.1 Å². The number of carbonyl (C=O) groups is 1. The van der Waals surface area contributed by atoms with Gasteiger partial charge in [-0.2, -0.15) is 0 Å². The fourth-order valence-corrected chi connectivity index (χ4v) is 4.62. The maximum Gasteiger partial charge on any atom is 0.335 e. The highest BCUT2D eigenvalue weighted by atomic mass is 35.5. The average Bonchev–Trinajstić information content (AvgIpc) is 3.14. The van der Waals surface area contributed by atoms with Gasteiger partial charge in [-0.1, -0.05) is 49.2 Å². The van der Waals surface area contributed by atoms with Gasteiger partial charge in [0.15, 0.2) is 0 Å². The van der Waals surface area contributed by atoms with Crippen LogP contribution < -0.4 is 5.56 Å². The molecule has 1 aromatic heterocycles. The number of pyridine rings is 1. The number of aryl methyl sites for hydroxylation is 1. The van der Waals surface area contributed by atoms with Crippen LogP contribution >= 0.6 is 23.2 Å². The lowest BCUT2D eigenvalue weighted by Gasteiger charge is -2.29. The summed E-state index contributed by atoms with van der Waals surface area (Å²) in [5.74, 6) is -0.418. The molecule has 0 bridgehead atoms. The third-order valence-electron chi connectivity index (χ3n) is 5.67. The standard InChI is InChI=1S/C22H26Cl2N2O3/c1-14(2)19-4-3-10-25(19)13-20-17(23)12-18(24)21(27)26(20)11-9-15-5-7-16(8-6-15)22(28)29/h5-8,12,14,19H,3-4,9-11,13H2,1-2H3,(H,28,29). The van der Waals surface area contributed by atoms with Crippen molar-refractivity contribution in [2.75, 3.05) is 6.54 Å². The molecule has 1 fully saturated rings. The number of likely N-dealkylation sites (tertiary alicyclic amines) is 1. The van der Waals surface area contributed by atoms with Crippen LogP contribution in [0.2, 0.25) is 10.0 Å². The van der Waals surface area contributed by atoms with Crippen molar-refractivity contribution >= 4 is 29.2 Å².